The fourth-order valence-electron chi connectivity index (χ4n) is 2.54. The number of ether oxygens (including phenoxy) is 1. The predicted octanol–water partition coefficient (Wildman–Crippen LogP) is 4.10. The highest BCUT2D eigenvalue weighted by molar-refractivity contribution is 14.0. The van der Waals surface area contributed by atoms with Crippen LogP contribution in [-0.4, -0.2) is 28.4 Å². The third-order valence-corrected chi connectivity index (χ3v) is 3.70. The molecule has 162 valence electrons. The molecule has 1 aromatic heterocycles. The van der Waals surface area contributed by atoms with E-state index < -0.39 is 17.3 Å². The maximum absolute atomic E-state index is 13.5. The lowest BCUT2D eigenvalue weighted by atomic mass is 10.1. The van der Waals surface area contributed by atoms with E-state index in [1.807, 2.05) is 13.2 Å². The van der Waals surface area contributed by atoms with Crippen molar-refractivity contribution >= 4 is 29.9 Å². The van der Waals surface area contributed by atoms with Crippen LogP contribution in [0.4, 0.5) is 13.2 Å². The Bertz CT molecular complexity index is 828. The van der Waals surface area contributed by atoms with Gasteiger partial charge in [0, 0.05) is 38.9 Å². The third kappa shape index (κ3) is 8.11. The molecule has 0 amide bonds. The molecule has 1 heterocycles. The molecule has 0 radical (unpaired) electrons. The minimum absolute atomic E-state index is 0. The molecule has 0 atom stereocenters. The number of nitrogens with zero attached hydrogens (tertiary/aromatic N) is 3. The van der Waals surface area contributed by atoms with Crippen molar-refractivity contribution in [3.05, 3.63) is 47.3 Å². The molecule has 6 nitrogen and oxygen atoms in total. The quantitative estimate of drug-likeness (QED) is 0.351. The first kappa shape index (κ1) is 25.1. The van der Waals surface area contributed by atoms with E-state index in [1.54, 1.807) is 44.8 Å². The molecule has 0 unspecified atom stereocenters. The molecule has 2 N–H and O–H groups in total. The van der Waals surface area contributed by atoms with Gasteiger partial charge in [-0.3, -0.25) is 9.67 Å². The Kier molecular flexibility index (Phi) is 8.79. The Hall–Kier alpha value is -1.98. The van der Waals surface area contributed by atoms with E-state index in [2.05, 4.69) is 20.7 Å². The molecule has 2 aromatic rings. The van der Waals surface area contributed by atoms with Crippen molar-refractivity contribution in [2.75, 3.05) is 7.05 Å². The van der Waals surface area contributed by atoms with E-state index in [0.29, 0.717) is 12.5 Å². The van der Waals surface area contributed by atoms with E-state index in [0.717, 1.165) is 11.6 Å². The predicted molar refractivity (Wildman–Crippen MR) is 117 cm³/mol. The highest BCUT2D eigenvalue weighted by Crippen LogP contribution is 2.35. The number of nitrogens with one attached hydrogen (secondary N) is 2. The lowest BCUT2D eigenvalue weighted by molar-refractivity contribution is -0.138. The summed E-state index contributed by atoms with van der Waals surface area (Å²) in [6, 6.07) is 4.00. The standard InChI is InChI=1S/C19H26F3N5O.HI/c1-18(2,3)28-15-7-6-14(16(8-15)19(20,21)22)11-25-17(23-4)24-9-13-10-26-27(5)12-13;/h6-8,10,12H,9,11H2,1-5H3,(H2,23,24,25);1H. The molecule has 0 aliphatic rings. The molecular weight excluding hydrogens is 498 g/mol. The van der Waals surface area contributed by atoms with Crippen LogP contribution in [0.15, 0.2) is 35.6 Å². The van der Waals surface area contributed by atoms with Crippen LogP contribution in [0.1, 0.15) is 37.5 Å². The van der Waals surface area contributed by atoms with Gasteiger partial charge in [-0.25, -0.2) is 0 Å². The second kappa shape index (κ2) is 10.2. The number of aryl methyl sites for hydroxylation is 1. The number of alkyl halides is 3. The Morgan fingerprint density at radius 3 is 2.34 bits per heavy atom. The fourth-order valence-corrected chi connectivity index (χ4v) is 2.54. The number of benzene rings is 1. The molecule has 10 heteroatoms. The summed E-state index contributed by atoms with van der Waals surface area (Å²) in [4.78, 5) is 4.04. The Labute approximate surface area is 185 Å². The average Bonchev–Trinajstić information content (AvgIpc) is 2.99. The second-order valence-electron chi connectivity index (χ2n) is 7.33. The summed E-state index contributed by atoms with van der Waals surface area (Å²) < 4.78 is 47.7. The van der Waals surface area contributed by atoms with Gasteiger partial charge in [0.15, 0.2) is 5.96 Å². The number of halogens is 4. The summed E-state index contributed by atoms with van der Waals surface area (Å²) in [5.41, 5.74) is -0.270. The molecule has 0 aliphatic heterocycles. The topological polar surface area (TPSA) is 63.5 Å². The molecule has 2 rings (SSSR count). The molecule has 0 saturated carbocycles. The van der Waals surface area contributed by atoms with Crippen LogP contribution in [0.3, 0.4) is 0 Å². The van der Waals surface area contributed by atoms with Crippen LogP contribution in [-0.2, 0) is 26.3 Å². The molecule has 0 fully saturated rings. The van der Waals surface area contributed by atoms with Gasteiger partial charge in [0.25, 0.3) is 0 Å². The summed E-state index contributed by atoms with van der Waals surface area (Å²) in [6.45, 7) is 5.78. The number of aromatic nitrogens is 2. The number of hydrogen-bond acceptors (Lipinski definition) is 3. The second-order valence-corrected chi connectivity index (χ2v) is 7.33. The van der Waals surface area contributed by atoms with Crippen molar-refractivity contribution in [3.63, 3.8) is 0 Å². The maximum Gasteiger partial charge on any atom is 0.416 e. The zero-order valence-corrected chi connectivity index (χ0v) is 19.4. The number of rotatable bonds is 5. The lowest BCUT2D eigenvalue weighted by Crippen LogP contribution is -2.36. The molecule has 0 spiro atoms. The van der Waals surface area contributed by atoms with E-state index in [1.165, 1.54) is 6.07 Å². The van der Waals surface area contributed by atoms with Crippen LogP contribution in [0, 0.1) is 0 Å². The normalized spacial score (nSPS) is 12.3. The molecule has 0 bridgehead atoms. The van der Waals surface area contributed by atoms with Gasteiger partial charge in [-0.05, 0) is 38.5 Å². The van der Waals surface area contributed by atoms with Crippen LogP contribution in [0.2, 0.25) is 0 Å². The fraction of sp³-hybridized carbons (Fsp3) is 0.474. The third-order valence-electron chi connectivity index (χ3n) is 3.70. The molecule has 1 aromatic carbocycles. The minimum Gasteiger partial charge on any atom is -0.488 e. The van der Waals surface area contributed by atoms with Crippen LogP contribution < -0.4 is 15.4 Å². The lowest BCUT2D eigenvalue weighted by Gasteiger charge is -2.23. The van der Waals surface area contributed by atoms with E-state index in [9.17, 15) is 13.2 Å². The van der Waals surface area contributed by atoms with Gasteiger partial charge in [-0.15, -0.1) is 24.0 Å². The van der Waals surface area contributed by atoms with Gasteiger partial charge in [0.1, 0.15) is 11.4 Å². The molecule has 0 saturated heterocycles. The number of aliphatic imine (C=N–C) groups is 1. The summed E-state index contributed by atoms with van der Waals surface area (Å²) in [5.74, 6) is 0.578. The largest absolute Gasteiger partial charge is 0.488 e. The summed E-state index contributed by atoms with van der Waals surface area (Å²) >= 11 is 0. The van der Waals surface area contributed by atoms with Crippen LogP contribution in [0.25, 0.3) is 0 Å². The first-order valence-electron chi connectivity index (χ1n) is 8.79. The molecule has 29 heavy (non-hydrogen) atoms. The zero-order valence-electron chi connectivity index (χ0n) is 17.1. The summed E-state index contributed by atoms with van der Waals surface area (Å²) in [5, 5.41) is 10.0. The first-order valence-corrected chi connectivity index (χ1v) is 8.79. The van der Waals surface area contributed by atoms with Gasteiger partial charge >= 0.3 is 6.18 Å². The summed E-state index contributed by atoms with van der Waals surface area (Å²) in [7, 11) is 3.37. The van der Waals surface area contributed by atoms with E-state index in [4.69, 9.17) is 4.74 Å². The van der Waals surface area contributed by atoms with Crippen molar-refractivity contribution in [2.45, 2.75) is 45.6 Å². The van der Waals surface area contributed by atoms with Crippen molar-refractivity contribution < 1.29 is 17.9 Å². The maximum atomic E-state index is 13.5. The van der Waals surface area contributed by atoms with E-state index >= 15 is 0 Å². The van der Waals surface area contributed by atoms with Crippen molar-refractivity contribution in [1.29, 1.82) is 0 Å². The molecular formula is C19H27F3IN5O. The summed E-state index contributed by atoms with van der Waals surface area (Å²) in [6.07, 6.45) is -0.938. The number of hydrogen-bond donors (Lipinski definition) is 2. The highest BCUT2D eigenvalue weighted by atomic mass is 127. The van der Waals surface area contributed by atoms with Crippen molar-refractivity contribution in [3.8, 4) is 5.75 Å². The van der Waals surface area contributed by atoms with Gasteiger partial charge in [-0.2, -0.15) is 18.3 Å². The van der Waals surface area contributed by atoms with Gasteiger partial charge in [-0.1, -0.05) is 6.07 Å². The van der Waals surface area contributed by atoms with Crippen molar-refractivity contribution in [1.82, 2.24) is 20.4 Å². The zero-order chi connectivity index (χ0) is 20.9. The number of guanidine groups is 1. The smallest absolute Gasteiger partial charge is 0.416 e. The van der Waals surface area contributed by atoms with Gasteiger partial charge in [0.05, 0.1) is 11.8 Å². The highest BCUT2D eigenvalue weighted by Gasteiger charge is 2.34. The van der Waals surface area contributed by atoms with Crippen molar-refractivity contribution in [2.24, 2.45) is 12.0 Å². The Morgan fingerprint density at radius 2 is 1.83 bits per heavy atom. The van der Waals surface area contributed by atoms with Gasteiger partial charge in [0.2, 0.25) is 0 Å². The monoisotopic (exact) mass is 525 g/mol. The van der Waals surface area contributed by atoms with Crippen LogP contribution in [0.5, 0.6) is 5.75 Å². The molecule has 0 aliphatic carbocycles. The Morgan fingerprint density at radius 1 is 1.17 bits per heavy atom. The van der Waals surface area contributed by atoms with E-state index in [-0.39, 0.29) is 41.8 Å². The minimum atomic E-state index is -4.49. The van der Waals surface area contributed by atoms with Gasteiger partial charge < -0.3 is 15.4 Å². The first-order chi connectivity index (χ1) is 13.0. The van der Waals surface area contributed by atoms with Crippen LogP contribution >= 0.6 is 24.0 Å². The SMILES string of the molecule is CN=C(NCc1cnn(C)c1)NCc1ccc(OC(C)(C)C)cc1C(F)(F)F.I. The average molecular weight is 525 g/mol. The Balaban J connectivity index is 0.00000420.